The number of rotatable bonds is 3. The van der Waals surface area contributed by atoms with Crippen LogP contribution in [0.2, 0.25) is 0 Å². The van der Waals surface area contributed by atoms with Crippen LogP contribution in [0.25, 0.3) is 5.69 Å². The van der Waals surface area contributed by atoms with Gasteiger partial charge >= 0.3 is 0 Å². The van der Waals surface area contributed by atoms with Gasteiger partial charge in [-0.05, 0) is 53.9 Å². The molecule has 1 aromatic carbocycles. The van der Waals surface area contributed by atoms with E-state index in [1.54, 1.807) is 0 Å². The van der Waals surface area contributed by atoms with Crippen molar-refractivity contribution < 1.29 is 0 Å². The van der Waals surface area contributed by atoms with Gasteiger partial charge in [-0.25, -0.2) is 4.68 Å². The van der Waals surface area contributed by atoms with Crippen LogP contribution in [0.4, 0.5) is 0 Å². The summed E-state index contributed by atoms with van der Waals surface area (Å²) in [5.74, 6) is 0. The Morgan fingerprint density at radius 3 is 2.72 bits per heavy atom. The molecule has 4 heteroatoms. The summed E-state index contributed by atoms with van der Waals surface area (Å²) in [7, 11) is 0. The summed E-state index contributed by atoms with van der Waals surface area (Å²) < 4.78 is 3.05. The third kappa shape index (κ3) is 1.80. The van der Waals surface area contributed by atoms with E-state index in [0.29, 0.717) is 6.54 Å². The van der Waals surface area contributed by atoms with Crippen molar-refractivity contribution in [1.29, 1.82) is 0 Å². The largest absolute Gasteiger partial charge is 0.330 e. The van der Waals surface area contributed by atoms with Crippen molar-refractivity contribution in [3.63, 3.8) is 0 Å². The standard InChI is InChI=1S/C14H16BrN3/c1-10-8-13(14(9-16)6-7-14)17-18(10)12-5-3-2-4-11(12)15/h2-5,8H,6-7,9,16H2,1H3. The first-order valence-corrected chi connectivity index (χ1v) is 6.98. The lowest BCUT2D eigenvalue weighted by Gasteiger charge is -2.09. The van der Waals surface area contributed by atoms with Crippen LogP contribution in [-0.4, -0.2) is 16.3 Å². The molecule has 1 saturated carbocycles. The van der Waals surface area contributed by atoms with Gasteiger partial charge in [-0.2, -0.15) is 5.10 Å². The van der Waals surface area contributed by atoms with Gasteiger partial charge in [0, 0.05) is 22.1 Å². The Hall–Kier alpha value is -1.13. The molecule has 1 aliphatic rings. The summed E-state index contributed by atoms with van der Waals surface area (Å²) in [6, 6.07) is 10.3. The highest BCUT2D eigenvalue weighted by Gasteiger charge is 2.45. The average molecular weight is 306 g/mol. The normalized spacial score (nSPS) is 16.8. The number of hydrogen-bond acceptors (Lipinski definition) is 2. The SMILES string of the molecule is Cc1cc(C2(CN)CC2)nn1-c1ccccc1Br. The van der Waals surface area contributed by atoms with Gasteiger partial charge in [-0.3, -0.25) is 0 Å². The molecule has 1 aliphatic carbocycles. The molecule has 2 aromatic rings. The van der Waals surface area contributed by atoms with Gasteiger partial charge in [-0.1, -0.05) is 12.1 Å². The minimum Gasteiger partial charge on any atom is -0.330 e. The Morgan fingerprint density at radius 1 is 1.39 bits per heavy atom. The molecule has 0 spiro atoms. The zero-order valence-electron chi connectivity index (χ0n) is 10.4. The summed E-state index contributed by atoms with van der Waals surface area (Å²) in [5, 5.41) is 4.75. The number of nitrogens with zero attached hydrogens (tertiary/aromatic N) is 2. The predicted octanol–water partition coefficient (Wildman–Crippen LogP) is 2.93. The Balaban J connectivity index is 2.07. The van der Waals surface area contributed by atoms with Gasteiger partial charge in [0.15, 0.2) is 0 Å². The van der Waals surface area contributed by atoms with E-state index in [2.05, 4.69) is 35.0 Å². The molecular weight excluding hydrogens is 290 g/mol. The lowest BCUT2D eigenvalue weighted by Crippen LogP contribution is -2.20. The fraction of sp³-hybridized carbons (Fsp3) is 0.357. The summed E-state index contributed by atoms with van der Waals surface area (Å²) in [4.78, 5) is 0. The third-order valence-electron chi connectivity index (χ3n) is 3.76. The fourth-order valence-corrected chi connectivity index (χ4v) is 2.77. The third-order valence-corrected chi connectivity index (χ3v) is 4.43. The number of halogens is 1. The molecule has 3 rings (SSSR count). The summed E-state index contributed by atoms with van der Waals surface area (Å²) in [5.41, 5.74) is 9.39. The van der Waals surface area contributed by atoms with E-state index in [1.165, 1.54) is 0 Å². The van der Waals surface area contributed by atoms with E-state index < -0.39 is 0 Å². The van der Waals surface area contributed by atoms with Crippen LogP contribution in [0.3, 0.4) is 0 Å². The van der Waals surface area contributed by atoms with E-state index in [9.17, 15) is 0 Å². The van der Waals surface area contributed by atoms with Crippen LogP contribution in [0.1, 0.15) is 24.2 Å². The van der Waals surface area contributed by atoms with Gasteiger partial charge in [0.1, 0.15) is 0 Å². The predicted molar refractivity (Wildman–Crippen MR) is 76.0 cm³/mol. The van der Waals surface area contributed by atoms with Crippen LogP contribution in [0.15, 0.2) is 34.8 Å². The molecule has 0 bridgehead atoms. The highest BCUT2D eigenvalue weighted by molar-refractivity contribution is 9.10. The lowest BCUT2D eigenvalue weighted by atomic mass is 10.0. The van der Waals surface area contributed by atoms with E-state index in [-0.39, 0.29) is 5.41 Å². The van der Waals surface area contributed by atoms with Crippen molar-refractivity contribution in [2.75, 3.05) is 6.54 Å². The highest BCUT2D eigenvalue weighted by atomic mass is 79.9. The average Bonchev–Trinajstić information content (AvgIpc) is 3.08. The molecule has 3 nitrogen and oxygen atoms in total. The maximum absolute atomic E-state index is 5.87. The van der Waals surface area contributed by atoms with Crippen LogP contribution in [0.5, 0.6) is 0 Å². The van der Waals surface area contributed by atoms with Gasteiger partial charge in [0.2, 0.25) is 0 Å². The number of benzene rings is 1. The molecule has 0 atom stereocenters. The second-order valence-electron chi connectivity index (χ2n) is 5.02. The van der Waals surface area contributed by atoms with Gasteiger partial charge < -0.3 is 5.73 Å². The van der Waals surface area contributed by atoms with E-state index in [1.807, 2.05) is 22.9 Å². The zero-order chi connectivity index (χ0) is 12.8. The molecule has 0 unspecified atom stereocenters. The van der Waals surface area contributed by atoms with E-state index in [4.69, 9.17) is 10.8 Å². The Labute approximate surface area is 115 Å². The Bertz CT molecular complexity index is 584. The molecule has 0 saturated heterocycles. The van der Waals surface area contributed by atoms with Crippen LogP contribution in [-0.2, 0) is 5.41 Å². The monoisotopic (exact) mass is 305 g/mol. The molecular formula is C14H16BrN3. The summed E-state index contributed by atoms with van der Waals surface area (Å²) >= 11 is 3.57. The smallest absolute Gasteiger partial charge is 0.0790 e. The van der Waals surface area contributed by atoms with Crippen molar-refractivity contribution in [3.05, 3.63) is 46.2 Å². The molecule has 0 aliphatic heterocycles. The van der Waals surface area contributed by atoms with Crippen molar-refractivity contribution in [2.24, 2.45) is 5.73 Å². The second kappa shape index (κ2) is 4.21. The first kappa shape index (κ1) is 11.9. The number of aromatic nitrogens is 2. The number of nitrogens with two attached hydrogens (primary N) is 1. The molecule has 18 heavy (non-hydrogen) atoms. The maximum atomic E-state index is 5.87. The number of para-hydroxylation sites is 1. The fourth-order valence-electron chi connectivity index (χ4n) is 2.32. The second-order valence-corrected chi connectivity index (χ2v) is 5.87. The summed E-state index contributed by atoms with van der Waals surface area (Å²) in [6.07, 6.45) is 2.33. The minimum atomic E-state index is 0.150. The zero-order valence-corrected chi connectivity index (χ0v) is 11.9. The minimum absolute atomic E-state index is 0.150. The molecule has 1 heterocycles. The highest BCUT2D eigenvalue weighted by Crippen LogP contribution is 2.46. The van der Waals surface area contributed by atoms with E-state index >= 15 is 0 Å². The quantitative estimate of drug-likeness (QED) is 0.947. The van der Waals surface area contributed by atoms with Gasteiger partial charge in [-0.15, -0.1) is 0 Å². The summed E-state index contributed by atoms with van der Waals surface area (Å²) in [6.45, 7) is 2.78. The number of aryl methyl sites for hydroxylation is 1. The van der Waals surface area contributed by atoms with Crippen molar-refractivity contribution in [3.8, 4) is 5.69 Å². The lowest BCUT2D eigenvalue weighted by molar-refractivity contribution is 0.659. The molecule has 0 amide bonds. The van der Waals surface area contributed by atoms with Crippen LogP contribution < -0.4 is 5.73 Å². The molecule has 1 fully saturated rings. The van der Waals surface area contributed by atoms with Crippen LogP contribution >= 0.6 is 15.9 Å². The molecule has 94 valence electrons. The number of hydrogen-bond donors (Lipinski definition) is 1. The van der Waals surface area contributed by atoms with Crippen molar-refractivity contribution in [1.82, 2.24) is 9.78 Å². The maximum Gasteiger partial charge on any atom is 0.0790 e. The molecule has 2 N–H and O–H groups in total. The van der Waals surface area contributed by atoms with Crippen LogP contribution in [0, 0.1) is 6.92 Å². The van der Waals surface area contributed by atoms with Gasteiger partial charge in [0.25, 0.3) is 0 Å². The first-order chi connectivity index (χ1) is 8.66. The Kier molecular flexibility index (Phi) is 2.79. The Morgan fingerprint density at radius 2 is 2.11 bits per heavy atom. The first-order valence-electron chi connectivity index (χ1n) is 6.18. The van der Waals surface area contributed by atoms with E-state index in [0.717, 1.165) is 34.4 Å². The topological polar surface area (TPSA) is 43.8 Å². The van der Waals surface area contributed by atoms with Gasteiger partial charge in [0.05, 0.1) is 11.4 Å². The van der Waals surface area contributed by atoms with Crippen molar-refractivity contribution in [2.45, 2.75) is 25.2 Å². The molecule has 1 aromatic heterocycles. The van der Waals surface area contributed by atoms with Crippen molar-refractivity contribution >= 4 is 15.9 Å². The molecule has 0 radical (unpaired) electrons.